The number of carbonyl (C=O) groups is 3. The molecule has 0 radical (unpaired) electrons. The topological polar surface area (TPSA) is 231 Å². The highest BCUT2D eigenvalue weighted by atomic mass is 31.2. The average molecular weight is 839 g/mol. The van der Waals surface area contributed by atoms with Gasteiger partial charge in [-0.25, -0.2) is 9.36 Å². The number of fused-ring (bicyclic) bond motifs is 2. The zero-order valence-electron chi connectivity index (χ0n) is 32.4. The van der Waals surface area contributed by atoms with E-state index in [4.69, 9.17) is 24.6 Å². The van der Waals surface area contributed by atoms with Crippen LogP contribution in [0.1, 0.15) is 53.0 Å². The molecular weight excluding hydrogens is 799 g/mol. The van der Waals surface area contributed by atoms with Crippen LogP contribution in [0, 0.1) is 5.41 Å². The van der Waals surface area contributed by atoms with Gasteiger partial charge in [0.2, 0.25) is 11.8 Å². The zero-order valence-corrected chi connectivity index (χ0v) is 33.3. The minimum Gasteiger partial charge on any atom is -0.508 e. The molecule has 1 aliphatic heterocycles. The monoisotopic (exact) mass is 838 g/mol. The Bertz CT molecular complexity index is 2790. The van der Waals surface area contributed by atoms with Gasteiger partial charge in [-0.3, -0.25) is 19.8 Å². The molecule has 0 saturated carbocycles. The average Bonchev–Trinajstić information content (AvgIpc) is 3.24. The van der Waals surface area contributed by atoms with Gasteiger partial charge in [0.25, 0.3) is 0 Å². The zero-order chi connectivity index (χ0) is 43.1. The number of amidine groups is 1. The van der Waals surface area contributed by atoms with Crippen LogP contribution in [0.2, 0.25) is 0 Å². The van der Waals surface area contributed by atoms with Gasteiger partial charge in [0.15, 0.2) is 11.2 Å². The van der Waals surface area contributed by atoms with E-state index in [-0.39, 0.29) is 76.8 Å². The summed E-state index contributed by atoms with van der Waals surface area (Å²) in [7, 11) is -4.29. The molecule has 0 fully saturated rings. The van der Waals surface area contributed by atoms with Gasteiger partial charge >= 0.3 is 13.6 Å². The number of unbranched alkanes of at least 4 members (excludes halogenated alkanes) is 1. The largest absolute Gasteiger partial charge is 0.508 e. The summed E-state index contributed by atoms with van der Waals surface area (Å²) in [5.74, 6) is -3.03. The first-order chi connectivity index (χ1) is 29.4. The Labute approximate surface area is 349 Å². The highest BCUT2D eigenvalue weighted by Gasteiger charge is 2.42. The number of hydrogen-bond donors (Lipinski definition) is 6. The van der Waals surface area contributed by atoms with Crippen LogP contribution in [0.4, 0.5) is 5.69 Å². The van der Waals surface area contributed by atoms with E-state index >= 15 is 0 Å². The molecule has 0 bridgehead atoms. The summed E-state index contributed by atoms with van der Waals surface area (Å²) < 4.78 is 32.9. The summed E-state index contributed by atoms with van der Waals surface area (Å²) in [5.41, 5.74) is 7.74. The summed E-state index contributed by atoms with van der Waals surface area (Å²) in [6.45, 7) is 0. The van der Waals surface area contributed by atoms with E-state index in [1.807, 2.05) is 0 Å². The van der Waals surface area contributed by atoms with Crippen molar-refractivity contribution in [2.75, 3.05) is 5.32 Å². The molecule has 1 aliphatic carbocycles. The molecule has 5 aromatic carbocycles. The fraction of sp³-hybridized carbons (Fsp3) is 0.109. The van der Waals surface area contributed by atoms with Gasteiger partial charge in [-0.15, -0.1) is 0 Å². The van der Waals surface area contributed by atoms with Crippen molar-refractivity contribution < 1.29 is 42.6 Å². The second kappa shape index (κ2) is 18.1. The minimum absolute atomic E-state index is 0.00338. The lowest BCUT2D eigenvalue weighted by Gasteiger charge is -2.28. The van der Waals surface area contributed by atoms with E-state index in [1.165, 1.54) is 30.3 Å². The van der Waals surface area contributed by atoms with E-state index < -0.39 is 31.2 Å². The van der Waals surface area contributed by atoms with Crippen LogP contribution in [0.5, 0.6) is 17.2 Å². The third-order valence-electron chi connectivity index (χ3n) is 9.64. The molecule has 7 N–H and O–H groups in total. The fourth-order valence-corrected chi connectivity index (χ4v) is 8.67. The molecule has 0 aromatic heterocycles. The first-order valence-corrected chi connectivity index (χ1v) is 20.7. The maximum Gasteiger partial charge on any atom is 0.457 e. The number of amides is 2. The summed E-state index contributed by atoms with van der Waals surface area (Å²) in [5, 5.41) is 34.3. The Hall–Kier alpha value is -7.70. The first kappa shape index (κ1) is 41.5. The molecule has 0 saturated heterocycles. The predicted octanol–water partition coefficient (Wildman–Crippen LogP) is 8.92. The lowest BCUT2D eigenvalue weighted by Crippen LogP contribution is -2.31. The summed E-state index contributed by atoms with van der Waals surface area (Å²) in [4.78, 5) is 51.4. The number of phenols is 1. The number of nitrogen functional groups attached to an aromatic ring is 1. The lowest BCUT2D eigenvalue weighted by molar-refractivity contribution is -0.122. The second-order valence-corrected chi connectivity index (χ2v) is 16.0. The van der Waals surface area contributed by atoms with Gasteiger partial charge in [-0.1, -0.05) is 66.7 Å². The molecule has 2 amide bonds. The third-order valence-corrected chi connectivity index (χ3v) is 11.6. The van der Waals surface area contributed by atoms with E-state index in [0.29, 0.717) is 33.2 Å². The van der Waals surface area contributed by atoms with Crippen LogP contribution < -0.4 is 30.8 Å². The summed E-state index contributed by atoms with van der Waals surface area (Å²) >= 11 is 0. The second-order valence-electron chi connectivity index (χ2n) is 14.0. The smallest absolute Gasteiger partial charge is 0.457 e. The Morgan fingerprint density at radius 2 is 1.38 bits per heavy atom. The lowest BCUT2D eigenvalue weighted by atomic mass is 9.90. The number of phenolic OH excluding ortho intramolecular Hbond substituents is 1. The predicted molar refractivity (Wildman–Crippen MR) is 230 cm³/mol. The molecule has 5 aromatic rings. The van der Waals surface area contributed by atoms with Gasteiger partial charge in [0.1, 0.15) is 34.4 Å². The molecule has 61 heavy (non-hydrogen) atoms. The molecule has 14 nitrogen and oxygen atoms in total. The van der Waals surface area contributed by atoms with Crippen LogP contribution >= 0.6 is 7.60 Å². The number of hydrogen-bond acceptors (Lipinski definition) is 10. The highest BCUT2D eigenvalue weighted by molar-refractivity contribution is 7.55. The van der Waals surface area contributed by atoms with E-state index in [9.17, 15) is 34.0 Å². The molecule has 1 heterocycles. The van der Waals surface area contributed by atoms with Gasteiger partial charge in [-0.2, -0.15) is 0 Å². The Balaban J connectivity index is 1.05. The third kappa shape index (κ3) is 9.78. The van der Waals surface area contributed by atoms with Crippen LogP contribution in [0.25, 0.3) is 33.4 Å². The van der Waals surface area contributed by atoms with E-state index in [2.05, 4.69) is 10.6 Å². The number of anilines is 1. The molecule has 1 unspecified atom stereocenters. The van der Waals surface area contributed by atoms with Gasteiger partial charge < -0.3 is 40.0 Å². The standard InChI is InChI=1S/C46H39N4O10P/c47-44(48)28-15-17-29(18-16-28)45(61(57,59-33-9-3-1-4-10-33)60-34-11-5-2-6-12-34)50-42(54)14-8-7-13-41(53)49-30-19-22-35(38(25-30)46(55)56)43-36-23-20-31(51)26-39(36)58-40-27-32(52)21-24-37(40)43/h1-6,9-12,15-27,45,51H,7-8,13-14H2,(H3,47,48)(H,49,53)(H,50,54)(H,55,56). The highest BCUT2D eigenvalue weighted by Crippen LogP contribution is 2.59. The number of para-hydroxylation sites is 2. The fourth-order valence-electron chi connectivity index (χ4n) is 6.76. The minimum atomic E-state index is -4.29. The molecular formula is C46H39N4O10P. The summed E-state index contributed by atoms with van der Waals surface area (Å²) in [6, 6.07) is 36.2. The van der Waals surface area contributed by atoms with Crippen LogP contribution in [-0.2, 0) is 14.2 Å². The molecule has 0 spiro atoms. The van der Waals surface area contributed by atoms with Gasteiger partial charge in [-0.05, 0) is 84.6 Å². The number of nitrogens with two attached hydrogens (primary N) is 1. The maximum absolute atomic E-state index is 14.9. The molecule has 15 heteroatoms. The number of benzene rings is 6. The number of rotatable bonds is 16. The Kier molecular flexibility index (Phi) is 12.3. The van der Waals surface area contributed by atoms with Crippen molar-refractivity contribution in [1.29, 1.82) is 5.41 Å². The normalized spacial score (nSPS) is 11.7. The molecule has 2 aliphatic rings. The quantitative estimate of drug-likeness (QED) is 0.0177. The van der Waals surface area contributed by atoms with Crippen LogP contribution in [0.3, 0.4) is 0 Å². The maximum atomic E-state index is 14.9. The van der Waals surface area contributed by atoms with Crippen LogP contribution in [-0.4, -0.2) is 33.8 Å². The van der Waals surface area contributed by atoms with Crippen molar-refractivity contribution in [3.63, 3.8) is 0 Å². The number of aromatic carboxylic acids is 1. The Morgan fingerprint density at radius 3 is 2.00 bits per heavy atom. The molecule has 1 atom stereocenters. The van der Waals surface area contributed by atoms with Crippen molar-refractivity contribution in [3.05, 3.63) is 166 Å². The summed E-state index contributed by atoms with van der Waals surface area (Å²) in [6.07, 6.45) is 0.481. The molecule has 7 rings (SSSR count). The van der Waals surface area contributed by atoms with Crippen LogP contribution in [0.15, 0.2) is 149 Å². The van der Waals surface area contributed by atoms with Gasteiger partial charge in [0.05, 0.1) is 5.56 Å². The first-order valence-electron chi connectivity index (χ1n) is 19.1. The van der Waals surface area contributed by atoms with Crippen molar-refractivity contribution in [3.8, 4) is 39.7 Å². The van der Waals surface area contributed by atoms with Crippen molar-refractivity contribution in [2.45, 2.75) is 31.5 Å². The number of carboxylic acids is 1. The number of carboxylic acid groups (broad SMARTS) is 1. The SMILES string of the molecule is N=C(N)c1ccc(C(NC(=O)CCCCC(=O)Nc2ccc(-c3c4ccc(=O)cc-4oc4cc(O)ccc34)c(C(=O)O)c2)P(=O)(Oc2ccccc2)Oc2ccccc2)cc1. The Morgan fingerprint density at radius 1 is 0.754 bits per heavy atom. The number of carbonyl (C=O) groups excluding carboxylic acids is 2. The van der Waals surface area contributed by atoms with E-state index in [1.54, 1.807) is 109 Å². The number of nitrogens with one attached hydrogen (secondary N) is 3. The van der Waals surface area contributed by atoms with Crippen molar-refractivity contribution in [1.82, 2.24) is 5.32 Å². The van der Waals surface area contributed by atoms with Gasteiger partial charge in [0, 0.05) is 52.7 Å². The van der Waals surface area contributed by atoms with Crippen molar-refractivity contribution in [2.24, 2.45) is 5.73 Å². The molecule has 308 valence electrons. The van der Waals surface area contributed by atoms with E-state index in [0.717, 1.165) is 0 Å². The number of aromatic hydroxyl groups is 1. The van der Waals surface area contributed by atoms with Crippen molar-refractivity contribution >= 4 is 47.9 Å².